The molecule has 0 bridgehead atoms. The molecule has 0 aliphatic heterocycles. The van der Waals surface area contributed by atoms with Crippen molar-refractivity contribution in [1.29, 1.82) is 0 Å². The third kappa shape index (κ3) is 8.31. The van der Waals surface area contributed by atoms with Gasteiger partial charge in [-0.3, -0.25) is 0 Å². The first kappa shape index (κ1) is 16.1. The molecule has 0 spiro atoms. The Morgan fingerprint density at radius 1 is 0.750 bits per heavy atom. The minimum absolute atomic E-state index is 0.585. The zero-order valence-electron chi connectivity index (χ0n) is 12.2. The molecular formula is C13H30O2Si. The van der Waals surface area contributed by atoms with Crippen LogP contribution in [0.4, 0.5) is 0 Å². The fourth-order valence-electron chi connectivity index (χ4n) is 1.59. The van der Waals surface area contributed by atoms with Gasteiger partial charge in [0, 0.05) is 13.2 Å². The van der Waals surface area contributed by atoms with Gasteiger partial charge in [-0.2, -0.15) is 0 Å². The molecule has 0 unspecified atom stereocenters. The van der Waals surface area contributed by atoms with E-state index in [1.165, 1.54) is 0 Å². The molecule has 3 heteroatoms. The first-order chi connectivity index (χ1) is 7.25. The number of hydrogen-bond acceptors (Lipinski definition) is 2. The van der Waals surface area contributed by atoms with Crippen LogP contribution in [-0.2, 0) is 8.85 Å². The van der Waals surface area contributed by atoms with Crippen molar-refractivity contribution in [1.82, 2.24) is 0 Å². The third-order valence-corrected chi connectivity index (χ3v) is 5.34. The Bertz CT molecular complexity index is 167. The van der Waals surface area contributed by atoms with Crippen molar-refractivity contribution in [2.24, 2.45) is 17.8 Å². The van der Waals surface area contributed by atoms with E-state index in [1.807, 2.05) is 0 Å². The van der Waals surface area contributed by atoms with Gasteiger partial charge in [0.25, 0.3) is 0 Å². The van der Waals surface area contributed by atoms with E-state index >= 15 is 0 Å². The van der Waals surface area contributed by atoms with Gasteiger partial charge in [-0.25, -0.2) is 0 Å². The minimum Gasteiger partial charge on any atom is -0.394 e. The monoisotopic (exact) mass is 246 g/mol. The average molecular weight is 246 g/mol. The molecule has 2 nitrogen and oxygen atoms in total. The minimum atomic E-state index is -1.94. The van der Waals surface area contributed by atoms with Crippen LogP contribution in [0.2, 0.25) is 12.6 Å². The topological polar surface area (TPSA) is 18.5 Å². The summed E-state index contributed by atoms with van der Waals surface area (Å²) < 4.78 is 12.1. The molecule has 0 aromatic carbocycles. The van der Waals surface area contributed by atoms with Crippen LogP contribution >= 0.6 is 0 Å². The fraction of sp³-hybridized carbons (Fsp3) is 1.00. The van der Waals surface area contributed by atoms with E-state index in [0.717, 1.165) is 19.3 Å². The molecule has 0 saturated carbocycles. The van der Waals surface area contributed by atoms with E-state index in [0.29, 0.717) is 17.8 Å². The maximum Gasteiger partial charge on any atom is 0.335 e. The Hall–Kier alpha value is 0.137. The van der Waals surface area contributed by atoms with Crippen molar-refractivity contribution in [3.8, 4) is 0 Å². The summed E-state index contributed by atoms with van der Waals surface area (Å²) in [6, 6.07) is 1.09. The Kier molecular flexibility index (Phi) is 7.52. The van der Waals surface area contributed by atoms with Crippen molar-refractivity contribution in [3.05, 3.63) is 0 Å². The second-order valence-corrected chi connectivity index (χ2v) is 9.39. The number of hydrogen-bond donors (Lipinski definition) is 0. The van der Waals surface area contributed by atoms with E-state index in [4.69, 9.17) is 8.85 Å². The highest BCUT2D eigenvalue weighted by Gasteiger charge is 2.32. The van der Waals surface area contributed by atoms with Crippen LogP contribution in [0, 0.1) is 17.8 Å². The summed E-state index contributed by atoms with van der Waals surface area (Å²) in [6.07, 6.45) is 0. The van der Waals surface area contributed by atoms with Gasteiger partial charge in [0.1, 0.15) is 0 Å². The van der Waals surface area contributed by atoms with Crippen LogP contribution in [0.25, 0.3) is 0 Å². The van der Waals surface area contributed by atoms with Gasteiger partial charge in [-0.1, -0.05) is 41.5 Å². The summed E-state index contributed by atoms with van der Waals surface area (Å²) >= 11 is 0. The van der Waals surface area contributed by atoms with Crippen LogP contribution < -0.4 is 0 Å². The molecule has 0 fully saturated rings. The summed E-state index contributed by atoms with van der Waals surface area (Å²) in [7, 11) is -1.94. The standard InChI is InChI=1S/C13H30O2Si/c1-11(2)8-14-16(7,10-13(5)6)15-9-12(3)4/h11-13H,8-10H2,1-7H3. The summed E-state index contributed by atoms with van der Waals surface area (Å²) in [6.45, 7) is 17.1. The van der Waals surface area contributed by atoms with Crippen molar-refractivity contribution in [2.75, 3.05) is 13.2 Å². The van der Waals surface area contributed by atoms with Crippen molar-refractivity contribution < 1.29 is 8.85 Å². The van der Waals surface area contributed by atoms with E-state index in [9.17, 15) is 0 Å². The Morgan fingerprint density at radius 2 is 1.12 bits per heavy atom. The molecule has 0 aliphatic carbocycles. The van der Waals surface area contributed by atoms with Gasteiger partial charge >= 0.3 is 8.56 Å². The van der Waals surface area contributed by atoms with E-state index < -0.39 is 8.56 Å². The zero-order chi connectivity index (χ0) is 12.8. The summed E-state index contributed by atoms with van der Waals surface area (Å²) in [4.78, 5) is 0. The predicted octanol–water partition coefficient (Wildman–Crippen LogP) is 4.06. The Labute approximate surface area is 103 Å². The molecule has 0 heterocycles. The van der Waals surface area contributed by atoms with Gasteiger partial charge in [-0.05, 0) is 30.3 Å². The van der Waals surface area contributed by atoms with Gasteiger partial charge in [-0.15, -0.1) is 0 Å². The quantitative estimate of drug-likeness (QED) is 0.601. The maximum absolute atomic E-state index is 6.07. The fourth-order valence-corrected chi connectivity index (χ4v) is 4.76. The molecular weight excluding hydrogens is 216 g/mol. The second kappa shape index (κ2) is 7.46. The lowest BCUT2D eigenvalue weighted by molar-refractivity contribution is 0.140. The normalized spacial score (nSPS) is 13.1. The molecule has 98 valence electrons. The van der Waals surface area contributed by atoms with Gasteiger partial charge in [0.15, 0.2) is 0 Å². The number of rotatable bonds is 8. The highest BCUT2D eigenvalue weighted by atomic mass is 28.4. The highest BCUT2D eigenvalue weighted by Crippen LogP contribution is 2.21. The molecule has 0 amide bonds. The van der Waals surface area contributed by atoms with E-state index in [-0.39, 0.29) is 0 Å². The van der Waals surface area contributed by atoms with Crippen LogP contribution in [0.5, 0.6) is 0 Å². The molecule has 0 radical (unpaired) electrons. The first-order valence-electron chi connectivity index (χ1n) is 6.53. The first-order valence-corrected chi connectivity index (χ1v) is 9.05. The average Bonchev–Trinajstić information content (AvgIpc) is 2.11. The zero-order valence-corrected chi connectivity index (χ0v) is 13.2. The summed E-state index contributed by atoms with van der Waals surface area (Å²) in [5.74, 6) is 1.82. The van der Waals surface area contributed by atoms with E-state index in [2.05, 4.69) is 48.1 Å². The molecule has 0 N–H and O–H groups in total. The summed E-state index contributed by atoms with van der Waals surface area (Å²) in [5, 5.41) is 0. The van der Waals surface area contributed by atoms with Crippen molar-refractivity contribution in [3.63, 3.8) is 0 Å². The lowest BCUT2D eigenvalue weighted by Gasteiger charge is -2.30. The summed E-state index contributed by atoms with van der Waals surface area (Å²) in [5.41, 5.74) is 0. The van der Waals surface area contributed by atoms with E-state index in [1.54, 1.807) is 0 Å². The van der Waals surface area contributed by atoms with Crippen LogP contribution in [0.1, 0.15) is 41.5 Å². The second-order valence-electron chi connectivity index (χ2n) is 6.14. The maximum atomic E-state index is 6.07. The Morgan fingerprint density at radius 3 is 1.38 bits per heavy atom. The molecule has 0 aliphatic rings. The highest BCUT2D eigenvalue weighted by molar-refractivity contribution is 6.66. The molecule has 0 saturated heterocycles. The molecule has 0 aromatic heterocycles. The smallest absolute Gasteiger partial charge is 0.335 e. The molecule has 0 rings (SSSR count). The lowest BCUT2D eigenvalue weighted by atomic mass is 10.2. The van der Waals surface area contributed by atoms with Gasteiger partial charge < -0.3 is 8.85 Å². The third-order valence-electron chi connectivity index (χ3n) is 2.22. The van der Waals surface area contributed by atoms with Crippen LogP contribution in [-0.4, -0.2) is 21.8 Å². The van der Waals surface area contributed by atoms with Crippen LogP contribution in [0.15, 0.2) is 0 Å². The van der Waals surface area contributed by atoms with Gasteiger partial charge in [0.05, 0.1) is 0 Å². The largest absolute Gasteiger partial charge is 0.394 e. The molecule has 16 heavy (non-hydrogen) atoms. The molecule has 0 aromatic rings. The lowest BCUT2D eigenvalue weighted by Crippen LogP contribution is -2.42. The predicted molar refractivity (Wildman–Crippen MR) is 72.8 cm³/mol. The van der Waals surface area contributed by atoms with Crippen LogP contribution in [0.3, 0.4) is 0 Å². The SMILES string of the molecule is CC(C)CO[Si](C)(CC(C)C)OCC(C)C. The van der Waals surface area contributed by atoms with Gasteiger partial charge in [0.2, 0.25) is 0 Å². The molecule has 0 atom stereocenters. The Balaban J connectivity index is 4.23. The van der Waals surface area contributed by atoms with Crippen molar-refractivity contribution >= 4 is 8.56 Å². The van der Waals surface area contributed by atoms with Crippen molar-refractivity contribution in [2.45, 2.75) is 54.1 Å².